The third kappa shape index (κ3) is 4.85. The van der Waals surface area contributed by atoms with Crippen molar-refractivity contribution in [2.45, 2.75) is 11.3 Å². The van der Waals surface area contributed by atoms with Gasteiger partial charge in [-0.25, -0.2) is 0 Å². The molecule has 0 saturated heterocycles. The summed E-state index contributed by atoms with van der Waals surface area (Å²) in [5.74, 6) is 1.84. The summed E-state index contributed by atoms with van der Waals surface area (Å²) >= 11 is 5.33. The van der Waals surface area contributed by atoms with E-state index < -0.39 is 0 Å². The summed E-state index contributed by atoms with van der Waals surface area (Å²) < 4.78 is 6.87. The summed E-state index contributed by atoms with van der Waals surface area (Å²) in [5, 5.41) is 0. The normalized spacial score (nSPS) is 10.5. The first-order chi connectivity index (χ1) is 9.79. The summed E-state index contributed by atoms with van der Waals surface area (Å²) in [6, 6.07) is 16.4. The second-order valence-corrected chi connectivity index (χ2v) is 6.30. The summed E-state index contributed by atoms with van der Waals surface area (Å²) in [6.07, 6.45) is 0.915. The molecule has 20 heavy (non-hydrogen) atoms. The number of hydrogen-bond donors (Lipinski definition) is 1. The van der Waals surface area contributed by atoms with Crippen molar-refractivity contribution >= 4 is 27.7 Å². The van der Waals surface area contributed by atoms with E-state index in [9.17, 15) is 0 Å². The average molecular weight is 352 g/mol. The molecular formula is C16H18BrNOS. The van der Waals surface area contributed by atoms with Crippen LogP contribution in [0.4, 0.5) is 0 Å². The smallest absolute Gasteiger partial charge is 0.119 e. The molecule has 0 fully saturated rings. The lowest BCUT2D eigenvalue weighted by Crippen LogP contribution is -2.03. The number of halogens is 1. The molecule has 2 aromatic rings. The van der Waals surface area contributed by atoms with Crippen LogP contribution in [0.15, 0.2) is 57.9 Å². The minimum Gasteiger partial charge on any atom is -0.493 e. The molecule has 0 unspecified atom stereocenters. The van der Waals surface area contributed by atoms with Crippen molar-refractivity contribution < 1.29 is 4.74 Å². The fraction of sp³-hybridized carbons (Fsp3) is 0.250. The first-order valence-corrected chi connectivity index (χ1v) is 8.36. The van der Waals surface area contributed by atoms with E-state index in [1.165, 1.54) is 10.5 Å². The van der Waals surface area contributed by atoms with E-state index in [0.29, 0.717) is 13.2 Å². The van der Waals surface area contributed by atoms with E-state index in [4.69, 9.17) is 10.5 Å². The van der Waals surface area contributed by atoms with Gasteiger partial charge in [0.1, 0.15) is 5.75 Å². The van der Waals surface area contributed by atoms with Crippen LogP contribution in [0.1, 0.15) is 5.56 Å². The molecule has 0 radical (unpaired) electrons. The lowest BCUT2D eigenvalue weighted by atomic mass is 10.1. The standard InChI is InChI=1S/C16H18BrNOS/c17-15-3-1-2-4-16(15)20-12-11-19-14-7-5-13(6-8-14)9-10-18/h1-8H,9-12,18H2. The first kappa shape index (κ1) is 15.4. The van der Waals surface area contributed by atoms with Crippen LogP contribution in [-0.4, -0.2) is 18.9 Å². The van der Waals surface area contributed by atoms with Gasteiger partial charge in [0.15, 0.2) is 0 Å². The fourth-order valence-electron chi connectivity index (χ4n) is 1.79. The molecule has 0 aliphatic rings. The predicted octanol–water partition coefficient (Wildman–Crippen LogP) is 4.12. The number of hydrogen-bond acceptors (Lipinski definition) is 3. The van der Waals surface area contributed by atoms with E-state index >= 15 is 0 Å². The quantitative estimate of drug-likeness (QED) is 0.601. The highest BCUT2D eigenvalue weighted by Crippen LogP contribution is 2.26. The van der Waals surface area contributed by atoms with Gasteiger partial charge < -0.3 is 10.5 Å². The van der Waals surface area contributed by atoms with E-state index in [-0.39, 0.29) is 0 Å². The van der Waals surface area contributed by atoms with Crippen molar-refractivity contribution in [3.05, 3.63) is 58.6 Å². The molecule has 2 aromatic carbocycles. The van der Waals surface area contributed by atoms with E-state index in [1.807, 2.05) is 24.3 Å². The summed E-state index contributed by atoms with van der Waals surface area (Å²) in [7, 11) is 0. The molecule has 0 aromatic heterocycles. The van der Waals surface area contributed by atoms with Gasteiger partial charge >= 0.3 is 0 Å². The van der Waals surface area contributed by atoms with E-state index in [2.05, 4.69) is 40.2 Å². The van der Waals surface area contributed by atoms with Crippen LogP contribution < -0.4 is 10.5 Å². The average Bonchev–Trinajstić information content (AvgIpc) is 2.47. The maximum absolute atomic E-state index is 5.73. The molecule has 106 valence electrons. The minimum atomic E-state index is 0.683. The maximum Gasteiger partial charge on any atom is 0.119 e. The third-order valence-corrected chi connectivity index (χ3v) is 4.79. The van der Waals surface area contributed by atoms with Crippen LogP contribution in [0.25, 0.3) is 0 Å². The Morgan fingerprint density at radius 2 is 1.80 bits per heavy atom. The molecule has 0 aliphatic heterocycles. The Hall–Kier alpha value is -0.970. The van der Waals surface area contributed by atoms with Gasteiger partial charge in [0.05, 0.1) is 6.61 Å². The van der Waals surface area contributed by atoms with Gasteiger partial charge in [0, 0.05) is 15.1 Å². The molecule has 0 spiro atoms. The number of thioether (sulfide) groups is 1. The summed E-state index contributed by atoms with van der Waals surface area (Å²) in [6.45, 7) is 1.38. The largest absolute Gasteiger partial charge is 0.493 e. The fourth-order valence-corrected chi connectivity index (χ4v) is 3.19. The van der Waals surface area contributed by atoms with Crippen molar-refractivity contribution in [3.63, 3.8) is 0 Å². The van der Waals surface area contributed by atoms with Crippen molar-refractivity contribution in [2.24, 2.45) is 5.73 Å². The monoisotopic (exact) mass is 351 g/mol. The van der Waals surface area contributed by atoms with Crippen LogP contribution in [-0.2, 0) is 6.42 Å². The second-order valence-electron chi connectivity index (χ2n) is 4.31. The van der Waals surface area contributed by atoms with Gasteiger partial charge in [-0.15, -0.1) is 11.8 Å². The van der Waals surface area contributed by atoms with Gasteiger partial charge in [0.25, 0.3) is 0 Å². The Kier molecular flexibility index (Phi) is 6.43. The highest BCUT2D eigenvalue weighted by atomic mass is 79.9. The van der Waals surface area contributed by atoms with Crippen LogP contribution >= 0.6 is 27.7 Å². The van der Waals surface area contributed by atoms with E-state index in [0.717, 1.165) is 22.4 Å². The zero-order valence-electron chi connectivity index (χ0n) is 11.2. The van der Waals surface area contributed by atoms with Crippen LogP contribution in [0.3, 0.4) is 0 Å². The van der Waals surface area contributed by atoms with Gasteiger partial charge in [-0.2, -0.15) is 0 Å². The highest BCUT2D eigenvalue weighted by Gasteiger charge is 2.00. The van der Waals surface area contributed by atoms with Gasteiger partial charge in [-0.3, -0.25) is 0 Å². The molecule has 0 atom stereocenters. The maximum atomic E-state index is 5.73. The van der Waals surface area contributed by atoms with Crippen LogP contribution in [0.2, 0.25) is 0 Å². The highest BCUT2D eigenvalue weighted by molar-refractivity contribution is 9.10. The van der Waals surface area contributed by atoms with Crippen molar-refractivity contribution in [1.82, 2.24) is 0 Å². The number of benzene rings is 2. The van der Waals surface area contributed by atoms with Crippen LogP contribution in [0.5, 0.6) is 5.75 Å². The van der Waals surface area contributed by atoms with Crippen LogP contribution in [0, 0.1) is 0 Å². The molecule has 4 heteroatoms. The summed E-state index contributed by atoms with van der Waals surface area (Å²) in [5.41, 5.74) is 6.78. The Labute approximate surface area is 132 Å². The minimum absolute atomic E-state index is 0.683. The van der Waals surface area contributed by atoms with Gasteiger partial charge in [-0.05, 0) is 58.7 Å². The first-order valence-electron chi connectivity index (χ1n) is 6.59. The molecular weight excluding hydrogens is 334 g/mol. The molecule has 2 rings (SSSR count). The number of nitrogens with two attached hydrogens (primary N) is 1. The lowest BCUT2D eigenvalue weighted by molar-refractivity contribution is 0.344. The molecule has 0 heterocycles. The topological polar surface area (TPSA) is 35.2 Å². The number of ether oxygens (including phenoxy) is 1. The molecule has 2 nitrogen and oxygen atoms in total. The Morgan fingerprint density at radius 1 is 1.05 bits per heavy atom. The predicted molar refractivity (Wildman–Crippen MR) is 89.6 cm³/mol. The molecule has 0 aliphatic carbocycles. The zero-order valence-corrected chi connectivity index (χ0v) is 13.6. The molecule has 0 amide bonds. The molecule has 2 N–H and O–H groups in total. The van der Waals surface area contributed by atoms with Crippen molar-refractivity contribution in [3.8, 4) is 5.75 Å². The van der Waals surface area contributed by atoms with Gasteiger partial charge in [-0.1, -0.05) is 24.3 Å². The summed E-state index contributed by atoms with van der Waals surface area (Å²) in [4.78, 5) is 1.24. The van der Waals surface area contributed by atoms with E-state index in [1.54, 1.807) is 11.8 Å². The number of rotatable bonds is 7. The lowest BCUT2D eigenvalue weighted by Gasteiger charge is -2.07. The molecule has 0 saturated carbocycles. The Balaban J connectivity index is 1.74. The SMILES string of the molecule is NCCc1ccc(OCCSc2ccccc2Br)cc1. The van der Waals surface area contributed by atoms with Gasteiger partial charge in [0.2, 0.25) is 0 Å². The Morgan fingerprint density at radius 3 is 2.50 bits per heavy atom. The van der Waals surface area contributed by atoms with Crippen molar-refractivity contribution in [2.75, 3.05) is 18.9 Å². The third-order valence-electron chi connectivity index (χ3n) is 2.80. The Bertz CT molecular complexity index is 530. The second kappa shape index (κ2) is 8.35. The van der Waals surface area contributed by atoms with Crippen molar-refractivity contribution in [1.29, 1.82) is 0 Å². The molecule has 0 bridgehead atoms. The zero-order chi connectivity index (χ0) is 14.2.